The molecule has 0 aromatic heterocycles. The van der Waals surface area contributed by atoms with Crippen LogP contribution < -0.4 is 5.32 Å². The SMILES string of the molecule is O=C(Nc1cccc(Cl)c1)[C@H]1CCCN(S(=O)(=O)Cc2ccc(Cl)cc2)C1. The molecule has 1 atom stereocenters. The van der Waals surface area contributed by atoms with Crippen LogP contribution in [0, 0.1) is 5.92 Å². The molecule has 0 radical (unpaired) electrons. The fourth-order valence-corrected chi connectivity index (χ4v) is 5.03. The van der Waals surface area contributed by atoms with Crippen molar-refractivity contribution in [1.29, 1.82) is 0 Å². The molecule has 1 aliphatic rings. The second-order valence-electron chi connectivity index (χ2n) is 6.58. The second-order valence-corrected chi connectivity index (χ2v) is 9.42. The first-order valence-corrected chi connectivity index (χ1v) is 11.0. The molecule has 1 fully saturated rings. The molecule has 2 aromatic rings. The Morgan fingerprint density at radius 2 is 1.85 bits per heavy atom. The number of halogens is 2. The zero-order valence-corrected chi connectivity index (χ0v) is 16.9. The molecule has 1 N–H and O–H groups in total. The van der Waals surface area contributed by atoms with Crippen molar-refractivity contribution in [2.24, 2.45) is 5.92 Å². The highest BCUT2D eigenvalue weighted by atomic mass is 35.5. The summed E-state index contributed by atoms with van der Waals surface area (Å²) in [7, 11) is -3.51. The number of piperidine rings is 1. The number of hydrogen-bond donors (Lipinski definition) is 1. The Balaban J connectivity index is 1.65. The average Bonchev–Trinajstić information content (AvgIpc) is 2.63. The lowest BCUT2D eigenvalue weighted by molar-refractivity contribution is -0.120. The highest BCUT2D eigenvalue weighted by Crippen LogP contribution is 2.24. The van der Waals surface area contributed by atoms with E-state index in [9.17, 15) is 13.2 Å². The van der Waals surface area contributed by atoms with Crippen molar-refractivity contribution in [3.05, 3.63) is 64.1 Å². The van der Waals surface area contributed by atoms with Crippen molar-refractivity contribution in [3.8, 4) is 0 Å². The zero-order valence-electron chi connectivity index (χ0n) is 14.6. The lowest BCUT2D eigenvalue weighted by Gasteiger charge is -2.31. The minimum Gasteiger partial charge on any atom is -0.326 e. The van der Waals surface area contributed by atoms with Crippen molar-refractivity contribution in [2.75, 3.05) is 18.4 Å². The van der Waals surface area contributed by atoms with Gasteiger partial charge in [-0.15, -0.1) is 0 Å². The first-order chi connectivity index (χ1) is 12.8. The van der Waals surface area contributed by atoms with Gasteiger partial charge in [-0.25, -0.2) is 12.7 Å². The molecule has 8 heteroatoms. The van der Waals surface area contributed by atoms with Crippen LogP contribution in [0.4, 0.5) is 5.69 Å². The summed E-state index contributed by atoms with van der Waals surface area (Å²) in [5.74, 6) is -0.686. The van der Waals surface area contributed by atoms with Gasteiger partial charge in [0.05, 0.1) is 11.7 Å². The molecule has 2 aromatic carbocycles. The Labute approximate surface area is 169 Å². The van der Waals surface area contributed by atoms with Crippen LogP contribution in [0.2, 0.25) is 10.0 Å². The predicted octanol–water partition coefficient (Wildman–Crippen LogP) is 4.17. The van der Waals surface area contributed by atoms with Gasteiger partial charge >= 0.3 is 0 Å². The van der Waals surface area contributed by atoms with Crippen LogP contribution in [0.5, 0.6) is 0 Å². The maximum Gasteiger partial charge on any atom is 0.228 e. The van der Waals surface area contributed by atoms with Crippen molar-refractivity contribution < 1.29 is 13.2 Å². The molecule has 3 rings (SSSR count). The maximum atomic E-state index is 12.8. The zero-order chi connectivity index (χ0) is 19.4. The van der Waals surface area contributed by atoms with Crippen LogP contribution in [0.15, 0.2) is 48.5 Å². The van der Waals surface area contributed by atoms with Gasteiger partial charge in [-0.3, -0.25) is 4.79 Å². The van der Waals surface area contributed by atoms with Crippen LogP contribution in [-0.4, -0.2) is 31.7 Å². The van der Waals surface area contributed by atoms with E-state index in [1.807, 2.05) is 0 Å². The topological polar surface area (TPSA) is 66.5 Å². The monoisotopic (exact) mass is 426 g/mol. The Morgan fingerprint density at radius 3 is 2.56 bits per heavy atom. The van der Waals surface area contributed by atoms with Crippen molar-refractivity contribution >= 4 is 44.8 Å². The lowest BCUT2D eigenvalue weighted by Crippen LogP contribution is -2.44. The number of nitrogens with one attached hydrogen (secondary N) is 1. The molecule has 1 heterocycles. The third kappa shape index (κ3) is 5.45. The molecule has 0 saturated carbocycles. The smallest absolute Gasteiger partial charge is 0.228 e. The van der Waals surface area contributed by atoms with Crippen LogP contribution in [0.25, 0.3) is 0 Å². The lowest BCUT2D eigenvalue weighted by atomic mass is 9.99. The highest BCUT2D eigenvalue weighted by Gasteiger charge is 2.32. The fourth-order valence-electron chi connectivity index (χ4n) is 3.10. The summed E-state index contributed by atoms with van der Waals surface area (Å²) in [4.78, 5) is 12.6. The minimum atomic E-state index is -3.51. The molecule has 27 heavy (non-hydrogen) atoms. The summed E-state index contributed by atoms with van der Waals surface area (Å²) in [6.07, 6.45) is 1.30. The van der Waals surface area contributed by atoms with Gasteiger partial charge in [0.15, 0.2) is 0 Å². The number of carbonyl (C=O) groups excluding carboxylic acids is 1. The summed E-state index contributed by atoms with van der Waals surface area (Å²) in [6, 6.07) is 13.6. The molecule has 0 unspecified atom stereocenters. The van der Waals surface area contributed by atoms with Crippen molar-refractivity contribution in [2.45, 2.75) is 18.6 Å². The average molecular weight is 427 g/mol. The summed E-state index contributed by atoms with van der Waals surface area (Å²) in [5, 5.41) is 3.91. The van der Waals surface area contributed by atoms with Gasteiger partial charge in [0, 0.05) is 28.8 Å². The van der Waals surface area contributed by atoms with Gasteiger partial charge in [-0.05, 0) is 48.7 Å². The van der Waals surface area contributed by atoms with Crippen molar-refractivity contribution in [3.63, 3.8) is 0 Å². The highest BCUT2D eigenvalue weighted by molar-refractivity contribution is 7.88. The number of benzene rings is 2. The largest absolute Gasteiger partial charge is 0.326 e. The Morgan fingerprint density at radius 1 is 1.11 bits per heavy atom. The number of sulfonamides is 1. The number of nitrogens with zero attached hydrogens (tertiary/aromatic N) is 1. The van der Waals surface area contributed by atoms with Crippen LogP contribution in [0.1, 0.15) is 18.4 Å². The van der Waals surface area contributed by atoms with Gasteiger partial charge in [0.2, 0.25) is 15.9 Å². The molecule has 1 aliphatic heterocycles. The van der Waals surface area contributed by atoms with Gasteiger partial charge in [0.1, 0.15) is 0 Å². The Hall–Kier alpha value is -1.60. The number of carbonyl (C=O) groups is 1. The van der Waals surface area contributed by atoms with E-state index in [-0.39, 0.29) is 18.2 Å². The van der Waals surface area contributed by atoms with Crippen LogP contribution >= 0.6 is 23.2 Å². The Bertz CT molecular complexity index is 917. The van der Waals surface area contributed by atoms with Gasteiger partial charge in [-0.1, -0.05) is 41.4 Å². The predicted molar refractivity (Wildman–Crippen MR) is 108 cm³/mol. The summed E-state index contributed by atoms with van der Waals surface area (Å²) >= 11 is 11.8. The van der Waals surface area contributed by atoms with Gasteiger partial charge in [-0.2, -0.15) is 0 Å². The molecule has 1 saturated heterocycles. The first kappa shape index (κ1) is 20.1. The van der Waals surface area contributed by atoms with E-state index in [0.29, 0.717) is 40.7 Å². The minimum absolute atomic E-state index is 0.104. The third-order valence-electron chi connectivity index (χ3n) is 4.50. The van der Waals surface area contributed by atoms with Crippen LogP contribution in [-0.2, 0) is 20.6 Å². The van der Waals surface area contributed by atoms with E-state index in [2.05, 4.69) is 5.32 Å². The molecular formula is C19H20Cl2N2O3S. The Kier molecular flexibility index (Phi) is 6.42. The molecule has 5 nitrogen and oxygen atoms in total. The molecule has 0 spiro atoms. The number of hydrogen-bond acceptors (Lipinski definition) is 3. The standard InChI is InChI=1S/C19H20Cl2N2O3S/c20-16-8-6-14(7-9-16)13-27(25,26)23-10-2-3-15(12-23)19(24)22-18-5-1-4-17(21)11-18/h1,4-9,11,15H,2-3,10,12-13H2,(H,22,24)/t15-/m0/s1. The second kappa shape index (κ2) is 8.61. The van der Waals surface area contributed by atoms with E-state index in [1.165, 1.54) is 4.31 Å². The summed E-state index contributed by atoms with van der Waals surface area (Å²) < 4.78 is 26.9. The van der Waals surface area contributed by atoms with E-state index in [1.54, 1.807) is 48.5 Å². The summed E-state index contributed by atoms with van der Waals surface area (Å²) in [5.41, 5.74) is 1.28. The van der Waals surface area contributed by atoms with E-state index in [4.69, 9.17) is 23.2 Å². The van der Waals surface area contributed by atoms with Crippen molar-refractivity contribution in [1.82, 2.24) is 4.31 Å². The quantitative estimate of drug-likeness (QED) is 0.779. The fraction of sp³-hybridized carbons (Fsp3) is 0.316. The first-order valence-electron chi connectivity index (χ1n) is 8.62. The van der Waals surface area contributed by atoms with Crippen LogP contribution in [0.3, 0.4) is 0 Å². The molecule has 0 bridgehead atoms. The van der Waals surface area contributed by atoms with E-state index >= 15 is 0 Å². The molecule has 1 amide bonds. The number of anilines is 1. The van der Waals surface area contributed by atoms with Gasteiger partial charge in [0.25, 0.3) is 0 Å². The number of rotatable bonds is 5. The normalized spacial score (nSPS) is 18.2. The van der Waals surface area contributed by atoms with E-state index < -0.39 is 15.9 Å². The maximum absolute atomic E-state index is 12.8. The molecular weight excluding hydrogens is 407 g/mol. The number of amides is 1. The summed E-state index contributed by atoms with van der Waals surface area (Å²) in [6.45, 7) is 0.610. The molecule has 0 aliphatic carbocycles. The van der Waals surface area contributed by atoms with E-state index in [0.717, 1.165) is 0 Å². The third-order valence-corrected chi connectivity index (χ3v) is 6.81. The van der Waals surface area contributed by atoms with Gasteiger partial charge < -0.3 is 5.32 Å². The molecule has 144 valence electrons.